The molecule has 1 N–H and O–H groups in total. The molecule has 4 nitrogen and oxygen atoms in total. The summed E-state index contributed by atoms with van der Waals surface area (Å²) in [6, 6.07) is 8.50. The molecule has 0 aromatic heterocycles. The van der Waals surface area contributed by atoms with Crippen LogP contribution in [0.4, 0.5) is 5.69 Å². The van der Waals surface area contributed by atoms with Crippen LogP contribution in [0.15, 0.2) is 24.3 Å². The van der Waals surface area contributed by atoms with Crippen molar-refractivity contribution >= 4 is 11.7 Å². The second-order valence-electron chi connectivity index (χ2n) is 6.13. The summed E-state index contributed by atoms with van der Waals surface area (Å²) < 4.78 is 5.41. The Kier molecular flexibility index (Phi) is 3.89. The van der Waals surface area contributed by atoms with Crippen molar-refractivity contribution < 1.29 is 9.53 Å². The van der Waals surface area contributed by atoms with Gasteiger partial charge in [-0.25, -0.2) is 4.79 Å². The lowest BCUT2D eigenvalue weighted by molar-refractivity contribution is -0.149. The molecule has 0 saturated carbocycles. The summed E-state index contributed by atoms with van der Waals surface area (Å²) >= 11 is 0. The first-order valence-corrected chi connectivity index (χ1v) is 7.92. The Morgan fingerprint density at radius 3 is 2.86 bits per heavy atom. The Balaban J connectivity index is 1.89. The number of esters is 1. The Labute approximate surface area is 126 Å². The number of aryl methyl sites for hydroxylation is 1. The number of hydrogen-bond acceptors (Lipinski definition) is 4. The van der Waals surface area contributed by atoms with E-state index in [1.54, 1.807) is 0 Å². The van der Waals surface area contributed by atoms with E-state index in [9.17, 15) is 4.79 Å². The summed E-state index contributed by atoms with van der Waals surface area (Å²) in [6.45, 7) is 6.45. The molecule has 3 rings (SSSR count). The lowest BCUT2D eigenvalue weighted by Gasteiger charge is -2.34. The van der Waals surface area contributed by atoms with Crippen LogP contribution >= 0.6 is 0 Å². The number of nitrogens with zero attached hydrogens (tertiary/aromatic N) is 1. The summed E-state index contributed by atoms with van der Waals surface area (Å²) in [7, 11) is 0. The number of carbonyl (C=O) groups is 1. The lowest BCUT2D eigenvalue weighted by Crippen LogP contribution is -2.55. The van der Waals surface area contributed by atoms with Crippen molar-refractivity contribution in [1.82, 2.24) is 4.90 Å². The van der Waals surface area contributed by atoms with Crippen LogP contribution in [0, 0.1) is 6.92 Å². The van der Waals surface area contributed by atoms with Gasteiger partial charge in [-0.1, -0.05) is 17.7 Å². The molecule has 2 atom stereocenters. The minimum atomic E-state index is -0.582. The van der Waals surface area contributed by atoms with E-state index in [2.05, 4.69) is 29.3 Å². The van der Waals surface area contributed by atoms with Gasteiger partial charge in [-0.15, -0.1) is 0 Å². The van der Waals surface area contributed by atoms with Crippen LogP contribution in [0.5, 0.6) is 0 Å². The molecule has 2 saturated heterocycles. The average molecular weight is 288 g/mol. The molecule has 21 heavy (non-hydrogen) atoms. The van der Waals surface area contributed by atoms with Gasteiger partial charge in [0.05, 0.1) is 6.61 Å². The maximum Gasteiger partial charge on any atom is 0.333 e. The number of anilines is 1. The third-order valence-corrected chi connectivity index (χ3v) is 4.78. The molecule has 0 aliphatic carbocycles. The van der Waals surface area contributed by atoms with Crippen LogP contribution in [0.1, 0.15) is 31.7 Å². The van der Waals surface area contributed by atoms with Crippen LogP contribution in [-0.2, 0) is 9.53 Å². The number of ether oxygens (including phenoxy) is 1. The van der Waals surface area contributed by atoms with Crippen molar-refractivity contribution in [2.45, 2.75) is 44.7 Å². The van der Waals surface area contributed by atoms with Crippen LogP contribution in [-0.4, -0.2) is 42.1 Å². The smallest absolute Gasteiger partial charge is 0.333 e. The Morgan fingerprint density at radius 2 is 2.14 bits per heavy atom. The van der Waals surface area contributed by atoms with Crippen LogP contribution in [0.2, 0.25) is 0 Å². The molecule has 0 bridgehead atoms. The van der Waals surface area contributed by atoms with Crippen LogP contribution in [0.25, 0.3) is 0 Å². The molecule has 2 unspecified atom stereocenters. The third-order valence-electron chi connectivity index (χ3n) is 4.78. The third kappa shape index (κ3) is 2.53. The van der Waals surface area contributed by atoms with E-state index in [0.717, 1.165) is 31.6 Å². The maximum absolute atomic E-state index is 12.7. The molecular formula is C17H24N2O2. The van der Waals surface area contributed by atoms with Crippen molar-refractivity contribution in [1.29, 1.82) is 0 Å². The van der Waals surface area contributed by atoms with Gasteiger partial charge in [-0.2, -0.15) is 0 Å². The van der Waals surface area contributed by atoms with Gasteiger partial charge in [0.15, 0.2) is 5.54 Å². The molecule has 0 amide bonds. The highest BCUT2D eigenvalue weighted by molar-refractivity contribution is 5.86. The summed E-state index contributed by atoms with van der Waals surface area (Å²) in [6.07, 6.45) is 3.06. The molecule has 2 fully saturated rings. The van der Waals surface area contributed by atoms with Gasteiger partial charge in [-0.3, -0.25) is 4.90 Å². The fraction of sp³-hybridized carbons (Fsp3) is 0.588. The topological polar surface area (TPSA) is 41.6 Å². The van der Waals surface area contributed by atoms with Crippen molar-refractivity contribution in [3.8, 4) is 0 Å². The lowest BCUT2D eigenvalue weighted by atomic mass is 9.88. The quantitative estimate of drug-likeness (QED) is 0.865. The van der Waals surface area contributed by atoms with E-state index in [1.165, 1.54) is 12.0 Å². The van der Waals surface area contributed by atoms with E-state index in [-0.39, 0.29) is 12.0 Å². The van der Waals surface area contributed by atoms with E-state index in [4.69, 9.17) is 4.74 Å². The Morgan fingerprint density at radius 1 is 1.38 bits per heavy atom. The van der Waals surface area contributed by atoms with Gasteiger partial charge in [0.1, 0.15) is 0 Å². The Hall–Kier alpha value is -1.55. The van der Waals surface area contributed by atoms with E-state index in [1.807, 2.05) is 19.1 Å². The fourth-order valence-electron chi connectivity index (χ4n) is 3.73. The summed E-state index contributed by atoms with van der Waals surface area (Å²) in [4.78, 5) is 15.1. The van der Waals surface area contributed by atoms with Gasteiger partial charge in [0, 0.05) is 18.3 Å². The average Bonchev–Trinajstić information content (AvgIpc) is 3.06. The highest BCUT2D eigenvalue weighted by atomic mass is 16.5. The molecule has 114 valence electrons. The minimum Gasteiger partial charge on any atom is -0.464 e. The highest BCUT2D eigenvalue weighted by Crippen LogP contribution is 2.39. The fourth-order valence-corrected chi connectivity index (χ4v) is 3.73. The van der Waals surface area contributed by atoms with Crippen molar-refractivity contribution in [2.24, 2.45) is 0 Å². The normalized spacial score (nSPS) is 28.4. The highest BCUT2D eigenvalue weighted by Gasteiger charge is 2.55. The van der Waals surface area contributed by atoms with E-state index < -0.39 is 5.54 Å². The number of fused-ring (bicyclic) bond motifs is 1. The number of carbonyl (C=O) groups excluding carboxylic acids is 1. The second kappa shape index (κ2) is 5.68. The zero-order valence-electron chi connectivity index (χ0n) is 12.9. The molecule has 1 aromatic carbocycles. The first-order chi connectivity index (χ1) is 10.2. The van der Waals surface area contributed by atoms with Gasteiger partial charge in [0.2, 0.25) is 0 Å². The summed E-state index contributed by atoms with van der Waals surface area (Å²) in [5.41, 5.74) is 1.64. The number of hydrogen-bond donors (Lipinski definition) is 1. The summed E-state index contributed by atoms with van der Waals surface area (Å²) in [5.74, 6) is -0.0972. The van der Waals surface area contributed by atoms with Gasteiger partial charge in [0.25, 0.3) is 0 Å². The molecule has 2 heterocycles. The first-order valence-electron chi connectivity index (χ1n) is 7.92. The SMILES string of the molecule is CCOC(=O)C1(Nc2ccc(C)cc2)CCN2CCCC21. The second-order valence-corrected chi connectivity index (χ2v) is 6.13. The van der Waals surface area contributed by atoms with Crippen molar-refractivity contribution in [3.63, 3.8) is 0 Å². The van der Waals surface area contributed by atoms with Crippen LogP contribution in [0.3, 0.4) is 0 Å². The van der Waals surface area contributed by atoms with Gasteiger partial charge in [-0.05, 0) is 51.8 Å². The van der Waals surface area contributed by atoms with Gasteiger partial charge >= 0.3 is 5.97 Å². The summed E-state index contributed by atoms with van der Waals surface area (Å²) in [5, 5.41) is 3.52. The number of rotatable bonds is 4. The predicted octanol–water partition coefficient (Wildman–Crippen LogP) is 2.58. The molecule has 0 radical (unpaired) electrons. The van der Waals surface area contributed by atoms with E-state index in [0.29, 0.717) is 6.61 Å². The molecular weight excluding hydrogens is 264 g/mol. The molecule has 4 heteroatoms. The van der Waals surface area contributed by atoms with E-state index >= 15 is 0 Å². The zero-order chi connectivity index (χ0) is 14.9. The minimum absolute atomic E-state index is 0.0972. The van der Waals surface area contributed by atoms with Crippen molar-refractivity contribution in [2.75, 3.05) is 25.0 Å². The molecule has 2 aliphatic heterocycles. The number of nitrogens with one attached hydrogen (secondary N) is 1. The number of benzene rings is 1. The van der Waals surface area contributed by atoms with Crippen LogP contribution < -0.4 is 5.32 Å². The Bertz CT molecular complexity index is 514. The van der Waals surface area contributed by atoms with Crippen molar-refractivity contribution in [3.05, 3.63) is 29.8 Å². The maximum atomic E-state index is 12.7. The first kappa shape index (κ1) is 14.4. The predicted molar refractivity (Wildman–Crippen MR) is 83.4 cm³/mol. The standard InChI is InChI=1S/C17H24N2O2/c1-3-21-16(20)17(10-12-19-11-4-5-15(17)19)18-14-8-6-13(2)7-9-14/h6-9,15,18H,3-5,10-12H2,1-2H3. The molecule has 0 spiro atoms. The van der Waals surface area contributed by atoms with Gasteiger partial charge < -0.3 is 10.1 Å². The zero-order valence-corrected chi connectivity index (χ0v) is 12.9. The monoisotopic (exact) mass is 288 g/mol. The molecule has 2 aliphatic rings. The largest absolute Gasteiger partial charge is 0.464 e. The molecule has 1 aromatic rings.